The lowest BCUT2D eigenvalue weighted by Gasteiger charge is -2.13. The molecule has 6 heteroatoms. The Labute approximate surface area is 116 Å². The number of rotatable bonds is 2. The monoisotopic (exact) mass is 268 g/mol. The average molecular weight is 268 g/mol. The molecule has 0 spiro atoms. The maximum absolute atomic E-state index is 6.07. The van der Waals surface area contributed by atoms with Crippen LogP contribution in [0.4, 0.5) is 5.82 Å². The fourth-order valence-corrected chi connectivity index (χ4v) is 2.38. The van der Waals surface area contributed by atoms with E-state index in [1.54, 1.807) is 11.0 Å². The van der Waals surface area contributed by atoms with Gasteiger partial charge in [-0.1, -0.05) is 19.9 Å². The van der Waals surface area contributed by atoms with Crippen molar-refractivity contribution < 1.29 is 0 Å². The van der Waals surface area contributed by atoms with Crippen LogP contribution < -0.4 is 5.73 Å². The Bertz CT molecular complexity index is 761. The van der Waals surface area contributed by atoms with Gasteiger partial charge in [0, 0.05) is 10.9 Å². The Morgan fingerprint density at radius 1 is 1.25 bits per heavy atom. The van der Waals surface area contributed by atoms with Crippen molar-refractivity contribution in [3.8, 4) is 5.69 Å². The molecule has 0 unspecified atom stereocenters. The lowest BCUT2D eigenvalue weighted by atomic mass is 10.00. The van der Waals surface area contributed by atoms with Crippen molar-refractivity contribution >= 4 is 16.7 Å². The second-order valence-electron chi connectivity index (χ2n) is 5.15. The van der Waals surface area contributed by atoms with E-state index in [1.165, 1.54) is 0 Å². The number of nitrogens with zero attached hydrogens (tertiary/aromatic N) is 5. The molecule has 6 nitrogen and oxygen atoms in total. The molecule has 0 aliphatic heterocycles. The molecular formula is C14H16N6. The van der Waals surface area contributed by atoms with Gasteiger partial charge < -0.3 is 5.73 Å². The van der Waals surface area contributed by atoms with Crippen LogP contribution in [0, 0.1) is 6.92 Å². The van der Waals surface area contributed by atoms with Crippen molar-refractivity contribution in [3.05, 3.63) is 35.7 Å². The Kier molecular flexibility index (Phi) is 2.85. The van der Waals surface area contributed by atoms with Crippen LogP contribution in [-0.4, -0.2) is 25.2 Å². The molecule has 0 aliphatic carbocycles. The maximum atomic E-state index is 6.07. The van der Waals surface area contributed by atoms with E-state index < -0.39 is 0 Å². The van der Waals surface area contributed by atoms with Crippen molar-refractivity contribution in [3.63, 3.8) is 0 Å². The van der Waals surface area contributed by atoms with Crippen LogP contribution in [-0.2, 0) is 0 Å². The normalized spacial score (nSPS) is 11.4. The Balaban J connectivity index is 2.26. The van der Waals surface area contributed by atoms with Crippen molar-refractivity contribution in [1.29, 1.82) is 0 Å². The van der Waals surface area contributed by atoms with Gasteiger partial charge in [-0.15, -0.1) is 5.10 Å². The molecule has 2 heterocycles. The molecule has 0 amide bonds. The van der Waals surface area contributed by atoms with Gasteiger partial charge in [-0.2, -0.15) is 0 Å². The van der Waals surface area contributed by atoms with Crippen molar-refractivity contribution in [2.45, 2.75) is 26.7 Å². The van der Waals surface area contributed by atoms with Crippen molar-refractivity contribution in [2.75, 3.05) is 5.73 Å². The number of fused-ring (bicyclic) bond motifs is 1. The topological polar surface area (TPSA) is 82.5 Å². The molecule has 1 aromatic carbocycles. The SMILES string of the molecule is Cc1c(-n2cnnn2)ccc2cc(C(C)C)c(N)nc12. The van der Waals surface area contributed by atoms with Gasteiger partial charge >= 0.3 is 0 Å². The van der Waals surface area contributed by atoms with Gasteiger partial charge in [-0.25, -0.2) is 9.67 Å². The minimum Gasteiger partial charge on any atom is -0.383 e. The molecule has 3 aromatic rings. The molecule has 0 atom stereocenters. The molecule has 20 heavy (non-hydrogen) atoms. The fraction of sp³-hybridized carbons (Fsp3) is 0.286. The quantitative estimate of drug-likeness (QED) is 0.770. The van der Waals surface area contributed by atoms with Gasteiger partial charge in [-0.05, 0) is 41.0 Å². The van der Waals surface area contributed by atoms with Gasteiger partial charge in [0.15, 0.2) is 0 Å². The van der Waals surface area contributed by atoms with E-state index in [1.807, 2.05) is 19.1 Å². The van der Waals surface area contributed by atoms with E-state index in [0.29, 0.717) is 11.7 Å². The molecule has 3 rings (SSSR count). The van der Waals surface area contributed by atoms with E-state index in [2.05, 4.69) is 40.4 Å². The third-order valence-electron chi connectivity index (χ3n) is 3.49. The van der Waals surface area contributed by atoms with Gasteiger partial charge in [-0.3, -0.25) is 0 Å². The van der Waals surface area contributed by atoms with E-state index in [9.17, 15) is 0 Å². The van der Waals surface area contributed by atoms with Crippen LogP contribution in [0.25, 0.3) is 16.6 Å². The standard InChI is InChI=1S/C14H16N6/c1-8(2)11-6-10-4-5-12(20-7-16-18-19-20)9(3)13(10)17-14(11)15/h4-8H,1-3H3,(H2,15,17). The summed E-state index contributed by atoms with van der Waals surface area (Å²) in [6.45, 7) is 6.23. The number of aromatic nitrogens is 5. The number of nitrogen functional groups attached to an aromatic ring is 1. The van der Waals surface area contributed by atoms with Crippen LogP contribution in [0.2, 0.25) is 0 Å². The minimum atomic E-state index is 0.353. The zero-order valence-electron chi connectivity index (χ0n) is 11.7. The molecule has 2 N–H and O–H groups in total. The zero-order chi connectivity index (χ0) is 14.3. The summed E-state index contributed by atoms with van der Waals surface area (Å²) in [6.07, 6.45) is 1.57. The van der Waals surface area contributed by atoms with Crippen molar-refractivity contribution in [1.82, 2.24) is 25.2 Å². The lowest BCUT2D eigenvalue weighted by molar-refractivity contribution is 0.786. The number of aryl methyl sites for hydroxylation is 1. The molecule has 0 fully saturated rings. The summed E-state index contributed by atoms with van der Waals surface area (Å²) in [7, 11) is 0. The predicted octanol–water partition coefficient (Wildman–Crippen LogP) is 2.22. The highest BCUT2D eigenvalue weighted by Gasteiger charge is 2.12. The third-order valence-corrected chi connectivity index (χ3v) is 3.49. The molecule has 0 aliphatic rings. The highest BCUT2D eigenvalue weighted by atomic mass is 15.5. The first-order valence-corrected chi connectivity index (χ1v) is 6.51. The van der Waals surface area contributed by atoms with Crippen LogP contribution in [0.1, 0.15) is 30.9 Å². The maximum Gasteiger partial charge on any atom is 0.143 e. The van der Waals surface area contributed by atoms with Crippen LogP contribution >= 0.6 is 0 Å². The summed E-state index contributed by atoms with van der Waals surface area (Å²) in [5.74, 6) is 0.941. The molecular weight excluding hydrogens is 252 g/mol. The number of pyridine rings is 1. The van der Waals surface area contributed by atoms with Crippen LogP contribution in [0.5, 0.6) is 0 Å². The molecule has 0 radical (unpaired) electrons. The number of anilines is 1. The largest absolute Gasteiger partial charge is 0.383 e. The van der Waals surface area contributed by atoms with E-state index >= 15 is 0 Å². The molecule has 0 saturated heterocycles. The summed E-state index contributed by atoms with van der Waals surface area (Å²) in [5, 5.41) is 12.3. The number of hydrogen-bond donors (Lipinski definition) is 1. The first-order chi connectivity index (χ1) is 9.58. The zero-order valence-corrected chi connectivity index (χ0v) is 11.7. The molecule has 102 valence electrons. The average Bonchev–Trinajstić information content (AvgIpc) is 2.93. The summed E-state index contributed by atoms with van der Waals surface area (Å²) < 4.78 is 1.63. The van der Waals surface area contributed by atoms with Crippen LogP contribution in [0.3, 0.4) is 0 Å². The Hall–Kier alpha value is -2.50. The van der Waals surface area contributed by atoms with E-state index in [0.717, 1.165) is 27.7 Å². The minimum absolute atomic E-state index is 0.353. The molecule has 0 saturated carbocycles. The highest BCUT2D eigenvalue weighted by Crippen LogP contribution is 2.28. The summed E-state index contributed by atoms with van der Waals surface area (Å²) in [6, 6.07) is 6.13. The van der Waals surface area contributed by atoms with Crippen LogP contribution in [0.15, 0.2) is 24.5 Å². The number of nitrogens with two attached hydrogens (primary N) is 1. The Morgan fingerprint density at radius 3 is 2.70 bits per heavy atom. The van der Waals surface area contributed by atoms with Gasteiger partial charge in [0.2, 0.25) is 0 Å². The summed E-state index contributed by atoms with van der Waals surface area (Å²) >= 11 is 0. The third kappa shape index (κ3) is 1.89. The summed E-state index contributed by atoms with van der Waals surface area (Å²) in [5.41, 5.74) is 9.95. The molecule has 2 aromatic heterocycles. The number of tetrazole rings is 1. The van der Waals surface area contributed by atoms with E-state index in [4.69, 9.17) is 5.73 Å². The van der Waals surface area contributed by atoms with Gasteiger partial charge in [0.1, 0.15) is 12.1 Å². The number of benzene rings is 1. The first kappa shape index (κ1) is 12.5. The van der Waals surface area contributed by atoms with E-state index in [-0.39, 0.29) is 0 Å². The first-order valence-electron chi connectivity index (χ1n) is 6.51. The lowest BCUT2D eigenvalue weighted by Crippen LogP contribution is -2.03. The molecule has 0 bridgehead atoms. The smallest absolute Gasteiger partial charge is 0.143 e. The second-order valence-corrected chi connectivity index (χ2v) is 5.15. The van der Waals surface area contributed by atoms with Crippen molar-refractivity contribution in [2.24, 2.45) is 0 Å². The highest BCUT2D eigenvalue weighted by molar-refractivity contribution is 5.87. The number of hydrogen-bond acceptors (Lipinski definition) is 5. The van der Waals surface area contributed by atoms with Gasteiger partial charge in [0.25, 0.3) is 0 Å². The van der Waals surface area contributed by atoms with Gasteiger partial charge in [0.05, 0.1) is 11.2 Å². The Morgan fingerprint density at radius 2 is 2.05 bits per heavy atom. The fourth-order valence-electron chi connectivity index (χ4n) is 2.38. The summed E-state index contributed by atoms with van der Waals surface area (Å²) in [4.78, 5) is 4.56. The predicted molar refractivity (Wildman–Crippen MR) is 77.7 cm³/mol. The second kappa shape index (κ2) is 4.56.